The Morgan fingerprint density at radius 3 is 1.91 bits per heavy atom. The van der Waals surface area contributed by atoms with Crippen molar-refractivity contribution in [1.82, 2.24) is 19.5 Å². The molecular weight excluding hydrogens is 675 g/mol. The van der Waals surface area contributed by atoms with Gasteiger partial charge >= 0.3 is 0 Å². The monoisotopic (exact) mass is 705 g/mol. The Morgan fingerprint density at radius 1 is 0.564 bits per heavy atom. The Hall–Kier alpha value is -7.36. The summed E-state index contributed by atoms with van der Waals surface area (Å²) in [6.07, 6.45) is 0. The Bertz CT molecular complexity index is 3180. The molecule has 6 heteroatoms. The van der Waals surface area contributed by atoms with Gasteiger partial charge < -0.3 is 8.98 Å². The van der Waals surface area contributed by atoms with Gasteiger partial charge in [0.25, 0.3) is 0 Å². The fraction of sp³-hybridized carbons (Fsp3) is 0.0612. The normalized spacial score (nSPS) is 13.0. The lowest BCUT2D eigenvalue weighted by atomic mass is 9.82. The van der Waals surface area contributed by atoms with E-state index in [2.05, 4.69) is 91.2 Å². The summed E-state index contributed by atoms with van der Waals surface area (Å²) in [6.45, 7) is 4.63. The SMILES string of the molecule is CC1(C)c2ccccc2-c2c1ccc1c2c2ccccc2n1-c1cc(C#N)c(-c2nc(-c3ccccc3)nc(-c3ccccc3)n2)c2oc3ccccc3c12. The lowest BCUT2D eigenvalue weighted by Crippen LogP contribution is -2.14. The van der Waals surface area contributed by atoms with Gasteiger partial charge in [-0.1, -0.05) is 141 Å². The average Bonchev–Trinajstić information content (AvgIpc) is 3.86. The summed E-state index contributed by atoms with van der Waals surface area (Å²) < 4.78 is 9.13. The molecule has 258 valence electrons. The van der Waals surface area contributed by atoms with Gasteiger partial charge in [-0.05, 0) is 46.5 Å². The Balaban J connectivity index is 1.26. The first kappa shape index (κ1) is 31.2. The molecule has 0 radical (unpaired) electrons. The summed E-state index contributed by atoms with van der Waals surface area (Å²) in [5.41, 5.74) is 11.9. The van der Waals surface area contributed by atoms with Crippen molar-refractivity contribution in [3.63, 3.8) is 0 Å². The number of para-hydroxylation sites is 2. The first-order chi connectivity index (χ1) is 27.0. The number of hydrogen-bond donors (Lipinski definition) is 0. The largest absolute Gasteiger partial charge is 0.455 e. The molecule has 0 saturated carbocycles. The average molecular weight is 706 g/mol. The number of hydrogen-bond acceptors (Lipinski definition) is 5. The highest BCUT2D eigenvalue weighted by Crippen LogP contribution is 2.53. The molecule has 0 amide bonds. The van der Waals surface area contributed by atoms with Crippen LogP contribution >= 0.6 is 0 Å². The highest BCUT2D eigenvalue weighted by Gasteiger charge is 2.37. The lowest BCUT2D eigenvalue weighted by Gasteiger charge is -2.21. The van der Waals surface area contributed by atoms with Gasteiger partial charge in [0.1, 0.15) is 17.2 Å². The maximum atomic E-state index is 11.1. The minimum absolute atomic E-state index is 0.144. The molecule has 11 rings (SSSR count). The van der Waals surface area contributed by atoms with E-state index >= 15 is 0 Å². The summed E-state index contributed by atoms with van der Waals surface area (Å²) in [5.74, 6) is 1.40. The topological polar surface area (TPSA) is 80.5 Å². The van der Waals surface area contributed by atoms with Gasteiger partial charge in [0.05, 0.1) is 33.2 Å². The molecule has 10 aromatic rings. The van der Waals surface area contributed by atoms with Crippen LogP contribution in [0.15, 0.2) is 156 Å². The van der Waals surface area contributed by atoms with Gasteiger partial charge in [0.15, 0.2) is 17.5 Å². The van der Waals surface area contributed by atoms with E-state index in [-0.39, 0.29) is 5.41 Å². The lowest BCUT2D eigenvalue weighted by molar-refractivity contribution is 0.661. The number of fused-ring (bicyclic) bond motifs is 10. The molecular formula is C49H31N5O. The van der Waals surface area contributed by atoms with Gasteiger partial charge in [0.2, 0.25) is 0 Å². The van der Waals surface area contributed by atoms with Gasteiger partial charge in [-0.2, -0.15) is 5.26 Å². The van der Waals surface area contributed by atoms with Crippen molar-refractivity contribution in [2.24, 2.45) is 0 Å². The third-order valence-corrected chi connectivity index (χ3v) is 11.3. The molecule has 0 fully saturated rings. The zero-order valence-corrected chi connectivity index (χ0v) is 30.1. The van der Waals surface area contributed by atoms with Crippen LogP contribution in [-0.4, -0.2) is 19.5 Å². The van der Waals surface area contributed by atoms with E-state index in [0.717, 1.165) is 44.0 Å². The molecule has 3 aromatic heterocycles. The first-order valence-corrected chi connectivity index (χ1v) is 18.4. The van der Waals surface area contributed by atoms with E-state index < -0.39 is 0 Å². The van der Waals surface area contributed by atoms with Crippen LogP contribution in [0.2, 0.25) is 0 Å². The molecule has 6 nitrogen and oxygen atoms in total. The summed E-state index contributed by atoms with van der Waals surface area (Å²) in [6, 6.07) is 54.2. The quantitative estimate of drug-likeness (QED) is 0.182. The van der Waals surface area contributed by atoms with Gasteiger partial charge in [-0.15, -0.1) is 0 Å². The highest BCUT2D eigenvalue weighted by molar-refractivity contribution is 6.21. The van der Waals surface area contributed by atoms with Crippen molar-refractivity contribution in [3.8, 4) is 57.0 Å². The van der Waals surface area contributed by atoms with Crippen LogP contribution in [0.25, 0.3) is 94.7 Å². The minimum atomic E-state index is -0.144. The van der Waals surface area contributed by atoms with Crippen LogP contribution in [0.5, 0.6) is 0 Å². The van der Waals surface area contributed by atoms with Crippen molar-refractivity contribution in [2.75, 3.05) is 0 Å². The van der Waals surface area contributed by atoms with E-state index in [1.54, 1.807) is 0 Å². The maximum Gasteiger partial charge on any atom is 0.169 e. The predicted molar refractivity (Wildman–Crippen MR) is 220 cm³/mol. The van der Waals surface area contributed by atoms with Crippen LogP contribution in [-0.2, 0) is 5.41 Å². The van der Waals surface area contributed by atoms with Crippen LogP contribution in [0.4, 0.5) is 0 Å². The highest BCUT2D eigenvalue weighted by atomic mass is 16.3. The standard InChI is InChI=1S/C49H31N5O/c1-49(2)35-22-12-9-19-32(35)42-36(49)25-26-38-43(42)33-20-10-13-23-37(33)54(38)39-27-31(28-50)41(45-44(39)34-21-11-14-24-40(34)55-45)48-52-46(29-15-5-3-6-16-29)51-47(53-48)30-17-7-4-8-18-30/h3-27H,1-2H3. The van der Waals surface area contributed by atoms with Crippen molar-refractivity contribution in [1.29, 1.82) is 5.26 Å². The number of nitrogens with zero attached hydrogens (tertiary/aromatic N) is 5. The van der Waals surface area contributed by atoms with Crippen molar-refractivity contribution >= 4 is 43.7 Å². The van der Waals surface area contributed by atoms with E-state index in [9.17, 15) is 5.26 Å². The van der Waals surface area contributed by atoms with E-state index in [0.29, 0.717) is 39.8 Å². The molecule has 3 heterocycles. The second kappa shape index (κ2) is 11.6. The summed E-state index contributed by atoms with van der Waals surface area (Å²) in [4.78, 5) is 15.0. The fourth-order valence-electron chi connectivity index (χ4n) is 8.80. The summed E-state index contributed by atoms with van der Waals surface area (Å²) in [7, 11) is 0. The molecule has 0 bridgehead atoms. The van der Waals surface area contributed by atoms with Crippen molar-refractivity contribution in [3.05, 3.63) is 168 Å². The molecule has 1 aliphatic carbocycles. The fourth-order valence-corrected chi connectivity index (χ4v) is 8.80. The summed E-state index contributed by atoms with van der Waals surface area (Å²) >= 11 is 0. The zero-order chi connectivity index (χ0) is 36.8. The molecule has 0 spiro atoms. The number of nitriles is 1. The minimum Gasteiger partial charge on any atom is -0.455 e. The first-order valence-electron chi connectivity index (χ1n) is 18.4. The molecule has 0 atom stereocenters. The Morgan fingerprint density at radius 2 is 1.18 bits per heavy atom. The van der Waals surface area contributed by atoms with Gasteiger partial charge in [-0.3, -0.25) is 0 Å². The second-order valence-electron chi connectivity index (χ2n) is 14.7. The van der Waals surface area contributed by atoms with Crippen LogP contribution in [0.1, 0.15) is 30.5 Å². The van der Waals surface area contributed by atoms with E-state index in [1.165, 1.54) is 27.6 Å². The van der Waals surface area contributed by atoms with E-state index in [1.807, 2.05) is 84.9 Å². The van der Waals surface area contributed by atoms with E-state index in [4.69, 9.17) is 19.4 Å². The predicted octanol–water partition coefficient (Wildman–Crippen LogP) is 12.0. The number of furan rings is 1. The molecule has 55 heavy (non-hydrogen) atoms. The number of rotatable bonds is 4. The molecule has 0 aliphatic heterocycles. The number of aromatic nitrogens is 4. The van der Waals surface area contributed by atoms with Crippen LogP contribution in [0.3, 0.4) is 0 Å². The van der Waals surface area contributed by atoms with Crippen LogP contribution in [0, 0.1) is 11.3 Å². The zero-order valence-electron chi connectivity index (χ0n) is 30.1. The van der Waals surface area contributed by atoms with Gasteiger partial charge in [-0.25, -0.2) is 15.0 Å². The van der Waals surface area contributed by atoms with Crippen molar-refractivity contribution in [2.45, 2.75) is 19.3 Å². The van der Waals surface area contributed by atoms with Gasteiger partial charge in [0, 0.05) is 32.7 Å². The molecule has 0 N–H and O–H groups in total. The molecule has 0 unspecified atom stereocenters. The maximum absolute atomic E-state index is 11.1. The Labute approximate surface area is 316 Å². The smallest absolute Gasteiger partial charge is 0.169 e. The molecule has 0 saturated heterocycles. The summed E-state index contributed by atoms with van der Waals surface area (Å²) in [5, 5.41) is 15.2. The molecule has 1 aliphatic rings. The second-order valence-corrected chi connectivity index (χ2v) is 14.7. The third-order valence-electron chi connectivity index (χ3n) is 11.3. The van der Waals surface area contributed by atoms with Crippen molar-refractivity contribution < 1.29 is 4.42 Å². The number of benzene rings is 7. The molecule has 7 aromatic carbocycles. The van der Waals surface area contributed by atoms with Crippen LogP contribution < -0.4 is 0 Å². The third kappa shape index (κ3) is 4.44. The Kier molecular flexibility index (Phi) is 6.56.